The summed E-state index contributed by atoms with van der Waals surface area (Å²) in [6.45, 7) is 20.7. The van der Waals surface area contributed by atoms with Gasteiger partial charge in [0, 0.05) is 7.92 Å². The van der Waals surface area contributed by atoms with Crippen LogP contribution in [0.2, 0.25) is 0 Å². The van der Waals surface area contributed by atoms with Gasteiger partial charge in [-0.15, -0.1) is 0 Å². The van der Waals surface area contributed by atoms with Gasteiger partial charge in [-0.05, 0) is 48.5 Å². The van der Waals surface area contributed by atoms with Crippen molar-refractivity contribution in [1.29, 1.82) is 0 Å². The van der Waals surface area contributed by atoms with E-state index in [9.17, 15) is 0 Å². The van der Waals surface area contributed by atoms with E-state index in [1.165, 1.54) is 0 Å². The quantitative estimate of drug-likeness (QED) is 0.335. The summed E-state index contributed by atoms with van der Waals surface area (Å²) in [6, 6.07) is 0. The molecule has 104 valence electrons. The molecule has 0 aromatic rings. The predicted octanol–water partition coefficient (Wildman–Crippen LogP) is 5.73. The topological polar surface area (TPSA) is 0 Å². The summed E-state index contributed by atoms with van der Waals surface area (Å²) >= 11 is 2.22. The minimum atomic E-state index is -0.194. The number of hydrogen-bond donors (Lipinski definition) is 0. The summed E-state index contributed by atoms with van der Waals surface area (Å²) in [5.74, 6) is 0. The van der Waals surface area contributed by atoms with Crippen molar-refractivity contribution in [3.63, 3.8) is 0 Å². The molecular formula is C13H31ClPPd+. The van der Waals surface area contributed by atoms with Crippen molar-refractivity contribution in [2.24, 2.45) is 0 Å². The molecule has 16 heavy (non-hydrogen) atoms. The van der Waals surface area contributed by atoms with Gasteiger partial charge in [0.1, 0.15) is 0 Å². The van der Waals surface area contributed by atoms with Gasteiger partial charge in [-0.1, -0.05) is 0 Å². The molecular weight excluding hydrogens is 329 g/mol. The van der Waals surface area contributed by atoms with E-state index in [0.29, 0.717) is 5.16 Å². The van der Waals surface area contributed by atoms with E-state index in [-0.39, 0.29) is 7.92 Å². The fourth-order valence-corrected chi connectivity index (χ4v) is 7.20. The Labute approximate surface area is 120 Å². The first-order valence-corrected chi connectivity index (χ1v) is 9.57. The van der Waals surface area contributed by atoms with Crippen LogP contribution < -0.4 is 0 Å². The van der Waals surface area contributed by atoms with Crippen LogP contribution in [0.1, 0.15) is 62.3 Å². The van der Waals surface area contributed by atoms with Crippen molar-refractivity contribution >= 4 is 17.5 Å². The van der Waals surface area contributed by atoms with Crippen molar-refractivity contribution < 1.29 is 18.2 Å². The second-order valence-electron chi connectivity index (χ2n) is 5.59. The van der Waals surface area contributed by atoms with Crippen molar-refractivity contribution in [2.45, 2.75) is 78.8 Å². The zero-order valence-corrected chi connectivity index (χ0v) is 15.7. The Kier molecular flexibility index (Phi) is 18.1. The van der Waals surface area contributed by atoms with Crippen molar-refractivity contribution in [1.82, 2.24) is 0 Å². The van der Waals surface area contributed by atoms with Crippen molar-refractivity contribution in [2.75, 3.05) is 0 Å². The van der Waals surface area contributed by atoms with E-state index in [2.05, 4.69) is 76.2 Å². The molecule has 0 saturated carbocycles. The van der Waals surface area contributed by atoms with Crippen LogP contribution in [-0.4, -0.2) is 16.5 Å². The molecule has 0 aliphatic carbocycles. The zero-order chi connectivity index (χ0) is 13.9. The zero-order valence-electron chi connectivity index (χ0n) is 12.4. The summed E-state index contributed by atoms with van der Waals surface area (Å²) in [6.07, 6.45) is 2.00. The van der Waals surface area contributed by atoms with Gasteiger partial charge >= 0.3 is 27.7 Å². The molecule has 0 fully saturated rings. The van der Waals surface area contributed by atoms with Crippen molar-refractivity contribution in [3.05, 3.63) is 6.42 Å². The molecule has 0 aliphatic heterocycles. The molecule has 0 unspecified atom stereocenters. The van der Waals surface area contributed by atoms with E-state index in [4.69, 9.17) is 0 Å². The van der Waals surface area contributed by atoms with Crippen LogP contribution in [0, 0.1) is 6.42 Å². The predicted molar refractivity (Wildman–Crippen MR) is 79.8 cm³/mol. The molecule has 0 saturated heterocycles. The van der Waals surface area contributed by atoms with Gasteiger partial charge < -0.3 is 6.42 Å². The Hall–Kier alpha value is 1.38. The summed E-state index contributed by atoms with van der Waals surface area (Å²) in [4.78, 5) is 0. The molecule has 0 rings (SSSR count). The molecule has 0 bridgehead atoms. The van der Waals surface area contributed by atoms with E-state index in [1.807, 2.05) is 20.3 Å². The number of hydrogen-bond acceptors (Lipinski definition) is 0. The molecule has 0 amide bonds. The van der Waals surface area contributed by atoms with E-state index < -0.39 is 0 Å². The second kappa shape index (κ2) is 12.8. The molecule has 0 heterocycles. The van der Waals surface area contributed by atoms with Gasteiger partial charge in [-0.3, -0.25) is 0 Å². The fraction of sp³-hybridized carbons (Fsp3) is 0.923. The first-order chi connectivity index (χ1) is 7.18. The Bertz CT molecular complexity index is 122. The van der Waals surface area contributed by atoms with Gasteiger partial charge in [0.2, 0.25) is 0 Å². The molecule has 0 nitrogen and oxygen atoms in total. The van der Waals surface area contributed by atoms with E-state index >= 15 is 0 Å². The van der Waals surface area contributed by atoms with Gasteiger partial charge in [-0.2, -0.15) is 13.8 Å². The molecule has 0 N–H and O–H groups in total. The van der Waals surface area contributed by atoms with Gasteiger partial charge in [0.05, 0.1) is 16.5 Å². The van der Waals surface area contributed by atoms with Crippen LogP contribution in [-0.2, 0) is 18.2 Å². The summed E-state index contributed by atoms with van der Waals surface area (Å²) in [5, 5.41) is 0.562. The van der Waals surface area contributed by atoms with E-state index in [0.717, 1.165) is 11.3 Å². The Morgan fingerprint density at radius 3 is 1.12 bits per heavy atom. The summed E-state index contributed by atoms with van der Waals surface area (Å²) < 4.78 is 0. The monoisotopic (exact) mass is 359 g/mol. The third kappa shape index (κ3) is 13.4. The Morgan fingerprint density at radius 1 is 0.938 bits per heavy atom. The van der Waals surface area contributed by atoms with Crippen LogP contribution in [0.3, 0.4) is 0 Å². The number of halogens is 1. The fourth-order valence-electron chi connectivity index (χ4n) is 2.40. The second-order valence-corrected chi connectivity index (χ2v) is 10.3. The minimum absolute atomic E-state index is 0.194. The van der Waals surface area contributed by atoms with Gasteiger partial charge in [0.25, 0.3) is 0 Å². The molecule has 0 radical (unpaired) electrons. The average molecular weight is 360 g/mol. The average Bonchev–Trinajstić information content (AvgIpc) is 2.04. The maximum absolute atomic E-state index is 4.49. The van der Waals surface area contributed by atoms with Crippen LogP contribution in [0.5, 0.6) is 0 Å². The summed E-state index contributed by atoms with van der Waals surface area (Å²) in [7, 11) is 4.29. The first kappa shape index (κ1) is 22.6. The van der Waals surface area contributed by atoms with Crippen molar-refractivity contribution in [3.8, 4) is 0 Å². The van der Waals surface area contributed by atoms with Gasteiger partial charge in [0.15, 0.2) is 0 Å². The third-order valence-corrected chi connectivity index (χ3v) is 6.33. The molecule has 0 aromatic heterocycles. The molecule has 0 aliphatic rings. The Balaban J connectivity index is -0.000000289. The standard InChI is InChI=1S/C10H23P.C3H7.ClH.Pd/c1-8(2)11(9(3)4)10(5,6)7;1-3-2;;/h8-9H,1-7H3;3H,1-2H3;1H;/q;-1;;+2. The Morgan fingerprint density at radius 2 is 1.12 bits per heavy atom. The van der Waals surface area contributed by atoms with Crippen LogP contribution in [0.15, 0.2) is 0 Å². The summed E-state index contributed by atoms with van der Waals surface area (Å²) in [5.41, 5.74) is 1.81. The maximum atomic E-state index is 4.49. The first-order valence-electron chi connectivity index (χ1n) is 5.91. The van der Waals surface area contributed by atoms with Crippen LogP contribution in [0.25, 0.3) is 0 Å². The molecule has 0 aromatic carbocycles. The number of rotatable bonds is 2. The van der Waals surface area contributed by atoms with E-state index in [1.54, 1.807) is 0 Å². The molecule has 3 heteroatoms. The normalized spacial score (nSPS) is 10.9. The molecule has 0 spiro atoms. The SMILES string of the molecule is CC(C)[PH+](C(C)C)C(C)(C)C.C[CH-]C.[Cl][Pd+]. The third-order valence-electron chi connectivity index (χ3n) is 2.11. The van der Waals surface area contributed by atoms with Crippen LogP contribution >= 0.6 is 17.5 Å². The molecule has 0 atom stereocenters. The van der Waals surface area contributed by atoms with Gasteiger partial charge in [-0.25, -0.2) is 0 Å². The van der Waals surface area contributed by atoms with Crippen LogP contribution in [0.4, 0.5) is 0 Å².